The van der Waals surface area contributed by atoms with Crippen LogP contribution in [0.4, 0.5) is 10.2 Å². The second-order valence-electron chi connectivity index (χ2n) is 5.77. The summed E-state index contributed by atoms with van der Waals surface area (Å²) >= 11 is 0. The van der Waals surface area contributed by atoms with Crippen LogP contribution in [0.3, 0.4) is 0 Å². The summed E-state index contributed by atoms with van der Waals surface area (Å²) in [7, 11) is 1.43. The Morgan fingerprint density at radius 3 is 2.72 bits per heavy atom. The number of nitrogens with one attached hydrogen (secondary N) is 1. The Labute approximate surface area is 145 Å². The van der Waals surface area contributed by atoms with Crippen LogP contribution in [0.25, 0.3) is 10.9 Å². The fourth-order valence-corrected chi connectivity index (χ4v) is 2.53. The molecule has 0 spiro atoms. The first-order valence-electron chi connectivity index (χ1n) is 8.04. The molecule has 0 aliphatic rings. The highest BCUT2D eigenvalue weighted by atomic mass is 19.1. The highest BCUT2D eigenvalue weighted by Gasteiger charge is 2.12. The van der Waals surface area contributed by atoms with E-state index in [1.807, 2.05) is 37.3 Å². The lowest BCUT2D eigenvalue weighted by atomic mass is 10.2. The number of aromatic nitrogens is 2. The van der Waals surface area contributed by atoms with Crippen LogP contribution in [0, 0.1) is 5.82 Å². The summed E-state index contributed by atoms with van der Waals surface area (Å²) in [5, 5.41) is 3.99. The van der Waals surface area contributed by atoms with Gasteiger partial charge in [-0.2, -0.15) is 0 Å². The van der Waals surface area contributed by atoms with E-state index in [1.54, 1.807) is 6.07 Å². The molecule has 130 valence electrons. The Morgan fingerprint density at radius 2 is 1.96 bits per heavy atom. The van der Waals surface area contributed by atoms with Crippen molar-refractivity contribution in [3.63, 3.8) is 0 Å². The van der Waals surface area contributed by atoms with Crippen molar-refractivity contribution >= 4 is 16.7 Å². The number of benzene rings is 2. The molecule has 0 aliphatic carbocycles. The maximum absolute atomic E-state index is 13.8. The minimum Gasteiger partial charge on any atom is -0.494 e. The van der Waals surface area contributed by atoms with E-state index in [4.69, 9.17) is 9.47 Å². The molecule has 0 aliphatic heterocycles. The Morgan fingerprint density at radius 1 is 1.16 bits per heavy atom. The highest BCUT2D eigenvalue weighted by molar-refractivity contribution is 5.90. The standard InChI is InChI=1S/C19H20FN3O2/c1-13(10-25-11-14-6-4-3-5-7-14)23-19-15-8-18(24-2)16(20)9-17(15)21-12-22-19/h3-9,12-13H,10-11H2,1-2H3,(H,21,22,23). The zero-order chi connectivity index (χ0) is 17.6. The van der Waals surface area contributed by atoms with Crippen molar-refractivity contribution in [2.24, 2.45) is 0 Å². The molecule has 0 bridgehead atoms. The number of halogens is 1. The van der Waals surface area contributed by atoms with Crippen LogP contribution >= 0.6 is 0 Å². The zero-order valence-corrected chi connectivity index (χ0v) is 14.2. The minimum atomic E-state index is -0.445. The Balaban J connectivity index is 1.67. The second kappa shape index (κ2) is 7.90. The summed E-state index contributed by atoms with van der Waals surface area (Å²) in [4.78, 5) is 8.37. The quantitative estimate of drug-likeness (QED) is 0.708. The monoisotopic (exact) mass is 341 g/mol. The zero-order valence-electron chi connectivity index (χ0n) is 14.2. The number of anilines is 1. The lowest BCUT2D eigenvalue weighted by Gasteiger charge is -2.16. The summed E-state index contributed by atoms with van der Waals surface area (Å²) in [6.45, 7) is 3.06. The van der Waals surface area contributed by atoms with Crippen molar-refractivity contribution in [3.8, 4) is 5.75 Å². The summed E-state index contributed by atoms with van der Waals surface area (Å²) in [6, 6.07) is 13.0. The lowest BCUT2D eigenvalue weighted by Crippen LogP contribution is -2.22. The number of rotatable bonds is 7. The van der Waals surface area contributed by atoms with Crippen molar-refractivity contribution in [2.45, 2.75) is 19.6 Å². The normalized spacial score (nSPS) is 12.1. The summed E-state index contributed by atoms with van der Waals surface area (Å²) in [6.07, 6.45) is 1.41. The van der Waals surface area contributed by atoms with Crippen molar-refractivity contribution in [2.75, 3.05) is 19.0 Å². The minimum absolute atomic E-state index is 0.0258. The summed E-state index contributed by atoms with van der Waals surface area (Å²) < 4.78 is 24.6. The van der Waals surface area contributed by atoms with E-state index >= 15 is 0 Å². The predicted octanol–water partition coefficient (Wildman–Crippen LogP) is 3.79. The molecule has 1 N–H and O–H groups in total. The third-order valence-electron chi connectivity index (χ3n) is 3.77. The molecule has 6 heteroatoms. The number of ether oxygens (including phenoxy) is 2. The summed E-state index contributed by atoms with van der Waals surface area (Å²) in [5.41, 5.74) is 1.65. The lowest BCUT2D eigenvalue weighted by molar-refractivity contribution is 0.115. The van der Waals surface area contributed by atoms with E-state index in [9.17, 15) is 4.39 Å². The molecular weight excluding hydrogens is 321 g/mol. The van der Waals surface area contributed by atoms with Gasteiger partial charge in [-0.25, -0.2) is 14.4 Å². The molecule has 5 nitrogen and oxygen atoms in total. The van der Waals surface area contributed by atoms with Crippen molar-refractivity contribution < 1.29 is 13.9 Å². The Hall–Kier alpha value is -2.73. The molecule has 3 aromatic rings. The molecule has 0 radical (unpaired) electrons. The van der Waals surface area contributed by atoms with Gasteiger partial charge in [0.05, 0.1) is 25.8 Å². The average Bonchev–Trinajstić information content (AvgIpc) is 2.62. The summed E-state index contributed by atoms with van der Waals surface area (Å²) in [5.74, 6) is 0.344. The average molecular weight is 341 g/mol. The van der Waals surface area contributed by atoms with Crippen LogP contribution in [-0.4, -0.2) is 29.7 Å². The van der Waals surface area contributed by atoms with Gasteiger partial charge in [-0.1, -0.05) is 30.3 Å². The fraction of sp³-hybridized carbons (Fsp3) is 0.263. The Kier molecular flexibility index (Phi) is 5.40. The first kappa shape index (κ1) is 17.1. The van der Waals surface area contributed by atoms with Crippen LogP contribution in [-0.2, 0) is 11.3 Å². The molecule has 0 fully saturated rings. The molecule has 3 rings (SSSR count). The van der Waals surface area contributed by atoms with Gasteiger partial charge in [0.15, 0.2) is 11.6 Å². The van der Waals surface area contributed by atoms with Crippen LogP contribution in [0.2, 0.25) is 0 Å². The topological polar surface area (TPSA) is 56.3 Å². The van der Waals surface area contributed by atoms with Gasteiger partial charge in [0.2, 0.25) is 0 Å². The van der Waals surface area contributed by atoms with Crippen LogP contribution in [0.1, 0.15) is 12.5 Å². The van der Waals surface area contributed by atoms with Crippen molar-refractivity contribution in [1.29, 1.82) is 0 Å². The number of nitrogens with zero attached hydrogens (tertiary/aromatic N) is 2. The van der Waals surface area contributed by atoms with Crippen LogP contribution < -0.4 is 10.1 Å². The molecule has 1 unspecified atom stereocenters. The predicted molar refractivity (Wildman–Crippen MR) is 95.2 cm³/mol. The van der Waals surface area contributed by atoms with Gasteiger partial charge in [0.25, 0.3) is 0 Å². The number of methoxy groups -OCH3 is 1. The maximum atomic E-state index is 13.8. The second-order valence-corrected chi connectivity index (χ2v) is 5.77. The number of hydrogen-bond donors (Lipinski definition) is 1. The van der Waals surface area contributed by atoms with E-state index in [0.29, 0.717) is 29.9 Å². The van der Waals surface area contributed by atoms with Crippen molar-refractivity contribution in [3.05, 3.63) is 60.2 Å². The smallest absolute Gasteiger partial charge is 0.167 e. The van der Waals surface area contributed by atoms with Gasteiger partial charge in [-0.05, 0) is 18.6 Å². The van der Waals surface area contributed by atoms with Crippen LogP contribution in [0.15, 0.2) is 48.8 Å². The van der Waals surface area contributed by atoms with E-state index in [0.717, 1.165) is 5.56 Å². The molecule has 2 aromatic carbocycles. The van der Waals surface area contributed by atoms with Gasteiger partial charge < -0.3 is 14.8 Å². The third-order valence-corrected chi connectivity index (χ3v) is 3.77. The van der Waals surface area contributed by atoms with Crippen LogP contribution in [0.5, 0.6) is 5.75 Å². The van der Waals surface area contributed by atoms with Gasteiger partial charge in [-0.15, -0.1) is 0 Å². The first-order valence-corrected chi connectivity index (χ1v) is 8.04. The molecule has 0 saturated heterocycles. The number of hydrogen-bond acceptors (Lipinski definition) is 5. The largest absolute Gasteiger partial charge is 0.494 e. The molecule has 0 saturated carbocycles. The van der Waals surface area contributed by atoms with Crippen molar-refractivity contribution in [1.82, 2.24) is 9.97 Å². The third kappa shape index (κ3) is 4.22. The molecule has 1 aromatic heterocycles. The van der Waals surface area contributed by atoms with E-state index < -0.39 is 5.82 Å². The maximum Gasteiger partial charge on any atom is 0.167 e. The van der Waals surface area contributed by atoms with Gasteiger partial charge >= 0.3 is 0 Å². The number of fused-ring (bicyclic) bond motifs is 1. The molecular formula is C19H20FN3O2. The highest BCUT2D eigenvalue weighted by Crippen LogP contribution is 2.27. The Bertz CT molecular complexity index is 843. The first-order chi connectivity index (χ1) is 12.2. The van der Waals surface area contributed by atoms with E-state index in [2.05, 4.69) is 15.3 Å². The molecule has 1 heterocycles. The SMILES string of the molecule is COc1cc2c(NC(C)COCc3ccccc3)ncnc2cc1F. The molecule has 1 atom stereocenters. The van der Waals surface area contributed by atoms with Gasteiger partial charge in [0, 0.05) is 17.5 Å². The van der Waals surface area contributed by atoms with E-state index in [-0.39, 0.29) is 11.8 Å². The van der Waals surface area contributed by atoms with E-state index in [1.165, 1.54) is 19.5 Å². The fourth-order valence-electron chi connectivity index (χ4n) is 2.53. The molecule has 25 heavy (non-hydrogen) atoms. The molecule has 0 amide bonds. The van der Waals surface area contributed by atoms with Gasteiger partial charge in [0.1, 0.15) is 12.1 Å². The van der Waals surface area contributed by atoms with Gasteiger partial charge in [-0.3, -0.25) is 0 Å².